The van der Waals surface area contributed by atoms with Crippen molar-refractivity contribution in [3.05, 3.63) is 84.9 Å². The van der Waals surface area contributed by atoms with E-state index in [1.165, 1.54) is 0 Å². The molecule has 0 unspecified atom stereocenters. The Labute approximate surface area is 183 Å². The Balaban J connectivity index is 0.000000645. The Hall–Kier alpha value is -2.36. The first-order valence-corrected chi connectivity index (χ1v) is 12.0. The van der Waals surface area contributed by atoms with E-state index in [-0.39, 0.29) is 13.1 Å². The number of rotatable bonds is 2. The summed E-state index contributed by atoms with van der Waals surface area (Å²) in [5.41, 5.74) is 6.13. The third-order valence-electron chi connectivity index (χ3n) is 4.84. The Morgan fingerprint density at radius 2 is 1.03 bits per heavy atom. The van der Waals surface area contributed by atoms with E-state index in [4.69, 9.17) is 30.2 Å². The van der Waals surface area contributed by atoms with Crippen LogP contribution in [0.2, 0.25) is 0 Å². The second-order valence-corrected chi connectivity index (χ2v) is 8.32. The van der Waals surface area contributed by atoms with E-state index in [0.29, 0.717) is 0 Å². The zero-order chi connectivity index (χ0) is 20.2. The van der Waals surface area contributed by atoms with Crippen molar-refractivity contribution in [1.29, 1.82) is 0 Å². The molecular formula is C23H17Cl2FeN3. The molecule has 0 bridgehead atoms. The molecule has 3 heterocycles. The van der Waals surface area contributed by atoms with Crippen LogP contribution in [0.1, 0.15) is 0 Å². The van der Waals surface area contributed by atoms with Gasteiger partial charge in [-0.2, -0.15) is 0 Å². The molecule has 0 fully saturated rings. The molecule has 29 heavy (non-hydrogen) atoms. The average molecular weight is 462 g/mol. The normalized spacial score (nSPS) is 10.9. The van der Waals surface area contributed by atoms with E-state index >= 15 is 0 Å². The summed E-state index contributed by atoms with van der Waals surface area (Å²) in [7, 11) is 11.6. The van der Waals surface area contributed by atoms with E-state index in [9.17, 15) is 0 Å². The van der Waals surface area contributed by atoms with Crippen molar-refractivity contribution in [2.24, 2.45) is 7.05 Å². The van der Waals surface area contributed by atoms with Gasteiger partial charge in [-0.1, -0.05) is 48.5 Å². The summed E-state index contributed by atoms with van der Waals surface area (Å²) < 4.78 is 2.16. The molecule has 0 saturated heterocycles. The molecule has 0 saturated carbocycles. The molecule has 146 valence electrons. The minimum absolute atomic E-state index is 0.194. The molecule has 0 N–H and O–H groups in total. The van der Waals surface area contributed by atoms with Gasteiger partial charge in [-0.3, -0.25) is 0 Å². The topological polar surface area (TPSA) is 30.7 Å². The van der Waals surface area contributed by atoms with Crippen LogP contribution in [0.25, 0.3) is 44.6 Å². The summed E-state index contributed by atoms with van der Waals surface area (Å²) in [5.74, 6) is 0. The Morgan fingerprint density at radius 1 is 0.621 bits per heavy atom. The monoisotopic (exact) mass is 461 g/mol. The number of para-hydroxylation sites is 2. The number of benzene rings is 2. The molecule has 6 heteroatoms. The predicted octanol–water partition coefficient (Wildman–Crippen LogP) is 6.83. The van der Waals surface area contributed by atoms with Crippen LogP contribution >= 0.6 is 20.2 Å². The number of hydrogen-bond acceptors (Lipinski definition) is 2. The standard InChI is InChI=1S/C23H17N3.2ClH.Fe/c1-26-22(20-12-10-16-6-2-4-8-18(16)24-20)14-15-23(26)21-13-11-17-7-3-5-9-19(17)25-21;;;/h2-15H,1H3;2*1H;/q;;;+2/p-2. The zero-order valence-corrected chi connectivity index (χ0v) is 18.2. The van der Waals surface area contributed by atoms with Crippen LogP contribution in [0, 0.1) is 0 Å². The average Bonchev–Trinajstić information content (AvgIpc) is 3.15. The first kappa shape index (κ1) is 19.9. The number of pyridine rings is 2. The molecule has 5 aromatic rings. The van der Waals surface area contributed by atoms with Gasteiger partial charge in [-0.05, 0) is 36.4 Å². The van der Waals surface area contributed by atoms with Crippen molar-refractivity contribution >= 4 is 42.0 Å². The van der Waals surface area contributed by atoms with Crippen molar-refractivity contribution in [3.63, 3.8) is 0 Å². The molecule has 0 aliphatic rings. The van der Waals surface area contributed by atoms with Crippen LogP contribution in [0.3, 0.4) is 0 Å². The number of halogens is 2. The molecule has 3 aromatic heterocycles. The van der Waals surface area contributed by atoms with Crippen molar-refractivity contribution in [2.75, 3.05) is 0 Å². The first-order chi connectivity index (χ1) is 14.2. The maximum absolute atomic E-state index is 4.82. The molecule has 5 rings (SSSR count). The molecule has 0 radical (unpaired) electrons. The molecule has 0 amide bonds. The van der Waals surface area contributed by atoms with Gasteiger partial charge in [0.15, 0.2) is 0 Å². The molecule has 0 aliphatic heterocycles. The number of fused-ring (bicyclic) bond motifs is 2. The van der Waals surface area contributed by atoms with Gasteiger partial charge < -0.3 is 4.57 Å². The van der Waals surface area contributed by atoms with E-state index in [0.717, 1.165) is 44.6 Å². The summed E-state index contributed by atoms with van der Waals surface area (Å²) in [4.78, 5) is 9.64. The van der Waals surface area contributed by atoms with Crippen LogP contribution in [0.5, 0.6) is 0 Å². The number of hydrogen-bond donors (Lipinski definition) is 0. The van der Waals surface area contributed by atoms with E-state index in [2.05, 4.69) is 60.1 Å². The fourth-order valence-electron chi connectivity index (χ4n) is 3.44. The number of aromatic nitrogens is 3. The van der Waals surface area contributed by atoms with E-state index in [1.807, 2.05) is 36.4 Å². The quantitative estimate of drug-likeness (QED) is 0.269. The molecule has 3 nitrogen and oxygen atoms in total. The van der Waals surface area contributed by atoms with Crippen molar-refractivity contribution in [3.8, 4) is 22.8 Å². The summed E-state index contributed by atoms with van der Waals surface area (Å²) in [6, 6.07) is 29.0. The SMILES string of the molecule is Cn1c(-c2ccc3ccccc3n2)ccc1-c1ccc2ccccc2n1.[Cl][Fe][Cl]. The summed E-state index contributed by atoms with van der Waals surface area (Å²) in [6.07, 6.45) is 0. The second kappa shape index (κ2) is 8.98. The maximum atomic E-state index is 4.82. The van der Waals surface area contributed by atoms with Crippen LogP contribution in [-0.2, 0) is 20.2 Å². The van der Waals surface area contributed by atoms with Gasteiger partial charge in [0.2, 0.25) is 0 Å². The Kier molecular flexibility index (Phi) is 6.17. The van der Waals surface area contributed by atoms with Crippen LogP contribution in [0.15, 0.2) is 84.9 Å². The van der Waals surface area contributed by atoms with Gasteiger partial charge in [-0.25, -0.2) is 9.97 Å². The molecule has 0 aliphatic carbocycles. The molecule has 2 aromatic carbocycles. The van der Waals surface area contributed by atoms with Crippen LogP contribution < -0.4 is 0 Å². The fourth-order valence-corrected chi connectivity index (χ4v) is 3.44. The zero-order valence-electron chi connectivity index (χ0n) is 15.5. The van der Waals surface area contributed by atoms with Crippen LogP contribution in [-0.4, -0.2) is 14.5 Å². The molecule has 0 spiro atoms. The van der Waals surface area contributed by atoms with E-state index in [1.54, 1.807) is 0 Å². The van der Waals surface area contributed by atoms with Gasteiger partial charge >= 0.3 is 33.3 Å². The third kappa shape index (κ3) is 4.17. The van der Waals surface area contributed by atoms with Crippen molar-refractivity contribution in [1.82, 2.24) is 14.5 Å². The minimum atomic E-state index is 0.194. The van der Waals surface area contributed by atoms with Gasteiger partial charge in [0.1, 0.15) is 0 Å². The van der Waals surface area contributed by atoms with Crippen molar-refractivity contribution in [2.45, 2.75) is 0 Å². The summed E-state index contributed by atoms with van der Waals surface area (Å²) in [5, 5.41) is 2.31. The first-order valence-electron chi connectivity index (χ1n) is 8.94. The Bertz CT molecular complexity index is 1190. The summed E-state index contributed by atoms with van der Waals surface area (Å²) in [6.45, 7) is 0. The third-order valence-corrected chi connectivity index (χ3v) is 4.84. The van der Waals surface area contributed by atoms with Gasteiger partial charge in [0.05, 0.1) is 33.8 Å². The Morgan fingerprint density at radius 3 is 1.48 bits per heavy atom. The van der Waals surface area contributed by atoms with Gasteiger partial charge in [-0.15, -0.1) is 0 Å². The van der Waals surface area contributed by atoms with Crippen LogP contribution in [0.4, 0.5) is 0 Å². The van der Waals surface area contributed by atoms with Crippen molar-refractivity contribution < 1.29 is 13.1 Å². The second-order valence-electron chi connectivity index (χ2n) is 6.49. The fraction of sp³-hybridized carbons (Fsp3) is 0.0435. The van der Waals surface area contributed by atoms with Gasteiger partial charge in [0.25, 0.3) is 0 Å². The van der Waals surface area contributed by atoms with Gasteiger partial charge in [0, 0.05) is 17.8 Å². The summed E-state index contributed by atoms with van der Waals surface area (Å²) >= 11 is 0.194. The number of nitrogens with zero attached hydrogens (tertiary/aromatic N) is 3. The molecule has 0 atom stereocenters. The van der Waals surface area contributed by atoms with E-state index < -0.39 is 0 Å². The molecular weight excluding hydrogens is 445 g/mol. The predicted molar refractivity (Wildman–Crippen MR) is 119 cm³/mol.